The van der Waals surface area contributed by atoms with Crippen LogP contribution in [-0.4, -0.2) is 117 Å². The Bertz CT molecular complexity index is 3580. The summed E-state index contributed by atoms with van der Waals surface area (Å²) >= 11 is 0. The van der Waals surface area contributed by atoms with Crippen molar-refractivity contribution in [3.05, 3.63) is 94.2 Å². The minimum atomic E-state index is -5.32. The summed E-state index contributed by atoms with van der Waals surface area (Å²) in [6, 6.07) is 10.7. The number of hydrogen-bond donors (Lipinski definition) is 9. The van der Waals surface area contributed by atoms with Crippen LogP contribution in [0.2, 0.25) is 0 Å². The van der Waals surface area contributed by atoms with Gasteiger partial charge in [0.05, 0.1) is 34.3 Å². The molecule has 0 atom stereocenters. The number of carboxylic acids is 1. The van der Waals surface area contributed by atoms with Crippen molar-refractivity contribution in [1.29, 1.82) is 0 Å². The van der Waals surface area contributed by atoms with Crippen LogP contribution in [0.1, 0.15) is 20.8 Å². The molecule has 5 aromatic carbocycles. The maximum atomic E-state index is 12.8. The Morgan fingerprint density at radius 3 is 1.79 bits per heavy atom. The van der Waals surface area contributed by atoms with Gasteiger partial charge >= 0.3 is 5.97 Å². The number of aromatic nitrogens is 2. The second-order valence-corrected chi connectivity index (χ2v) is 17.8. The highest BCUT2D eigenvalue weighted by Gasteiger charge is 2.27. The van der Waals surface area contributed by atoms with Crippen LogP contribution < -0.4 is 15.2 Å². The summed E-state index contributed by atoms with van der Waals surface area (Å²) < 4.78 is 114. The van der Waals surface area contributed by atoms with Gasteiger partial charge in [0, 0.05) is 29.7 Å². The minimum Gasteiger partial charge on any atom is -0.505 e. The fraction of sp³-hybridized carbons (Fsp3) is 0.108. The number of aromatic carboxylic acids is 1. The Morgan fingerprint density at radius 1 is 0.686 bits per heavy atom. The molecule has 0 aliphatic carbocycles. The fourth-order valence-electron chi connectivity index (χ4n) is 6.00. The van der Waals surface area contributed by atoms with Gasteiger partial charge in [0.15, 0.2) is 17.1 Å². The molecule has 33 heteroatoms. The van der Waals surface area contributed by atoms with Gasteiger partial charge in [0.25, 0.3) is 41.9 Å². The van der Waals surface area contributed by atoms with Crippen LogP contribution in [0.4, 0.5) is 39.8 Å². The monoisotopic (exact) mass is 1030 g/mol. The van der Waals surface area contributed by atoms with Gasteiger partial charge in [-0.3, -0.25) is 28.6 Å². The number of phenols is 1. The number of amides is 1. The molecule has 1 aromatic heterocycles. The number of carbonyl (C=O) groups excluding carboxylic acids is 1. The van der Waals surface area contributed by atoms with Crippen molar-refractivity contribution < 1.29 is 88.4 Å². The Hall–Kier alpha value is -8.44. The molecule has 1 heterocycles. The molecule has 0 radical (unpaired) electrons. The molecule has 0 saturated carbocycles. The number of carboxylic acid groups (broad SMARTS) is 1. The maximum absolute atomic E-state index is 12.8. The number of carbonyl (C=O) groups is 2. The standard InChI is InChI=1S/C37H30N10O20S3/c38-35(51)32-33(44-39-23-6-3-20(68(57,58)59)14-22(23)37(53)54)36(52)46(45-32)18-1-4-21-17(11-18)12-30(70(63,64)65)31(34(21)50)43-42-26-16-27(66-9-7-48)25(15-28(26)67-10-8-49)41-40-24-5-2-19(47(55)56)13-29(24)69(60,61)62/h1-6,11-16,48-50,52H,7-10H2,(H2,38,51)(H,53,54)(H,57,58,59)(H,60,61,62)(H,63,64,65)/b41-40+,43-42+,44-39+. The van der Waals surface area contributed by atoms with Crippen molar-refractivity contribution >= 4 is 92.8 Å². The van der Waals surface area contributed by atoms with Gasteiger partial charge in [-0.25, -0.2) is 4.79 Å². The van der Waals surface area contributed by atoms with Gasteiger partial charge in [-0.15, -0.1) is 30.7 Å². The molecule has 0 aliphatic rings. The summed E-state index contributed by atoms with van der Waals surface area (Å²) in [5.74, 6) is -5.50. The number of hydrogen-bond acceptors (Lipinski definition) is 23. The zero-order valence-electron chi connectivity index (χ0n) is 34.6. The lowest BCUT2D eigenvalue weighted by molar-refractivity contribution is -0.385. The number of ether oxygens (including phenoxy) is 2. The van der Waals surface area contributed by atoms with E-state index in [1.54, 1.807) is 0 Å². The highest BCUT2D eigenvalue weighted by atomic mass is 32.2. The topological polar surface area (TPSA) is 478 Å². The Balaban J connectivity index is 1.44. The number of aromatic hydroxyl groups is 2. The predicted molar refractivity (Wildman–Crippen MR) is 233 cm³/mol. The van der Waals surface area contributed by atoms with E-state index < -0.39 is 140 Å². The number of nitrogens with zero attached hydrogens (tertiary/aromatic N) is 9. The Labute approximate surface area is 390 Å². The number of fused-ring (bicyclic) bond motifs is 1. The highest BCUT2D eigenvalue weighted by Crippen LogP contribution is 2.46. The predicted octanol–water partition coefficient (Wildman–Crippen LogP) is 4.87. The summed E-state index contributed by atoms with van der Waals surface area (Å²) in [4.78, 5) is 31.7. The average Bonchev–Trinajstić information content (AvgIpc) is 3.62. The second-order valence-electron chi connectivity index (χ2n) is 13.6. The lowest BCUT2D eigenvalue weighted by atomic mass is 10.1. The first-order valence-corrected chi connectivity index (χ1v) is 23.1. The first-order valence-electron chi connectivity index (χ1n) is 18.7. The lowest BCUT2D eigenvalue weighted by Gasteiger charge is -2.13. The molecule has 10 N–H and O–H groups in total. The first-order chi connectivity index (χ1) is 32.8. The Morgan fingerprint density at radius 2 is 1.24 bits per heavy atom. The normalized spacial score (nSPS) is 12.4. The molecule has 0 saturated heterocycles. The SMILES string of the molecule is NC(=O)c1nn(-c2ccc3c(O)c(/N=N/c4cc(OCCO)c(/N=N/c5ccc([N+](=O)[O-])cc5S(=O)(=O)O)cc4OCCO)c(S(=O)(=O)O)cc3c2)c(O)c1/N=N/c1ccc(S(=O)(=O)O)cc1C(=O)O. The minimum absolute atomic E-state index is 0.184. The number of azo groups is 3. The van der Waals surface area contributed by atoms with Crippen molar-refractivity contribution in [3.8, 4) is 28.8 Å². The van der Waals surface area contributed by atoms with Crippen LogP contribution in [0.3, 0.4) is 0 Å². The molecule has 70 heavy (non-hydrogen) atoms. The first kappa shape index (κ1) is 51.0. The molecule has 0 spiro atoms. The summed E-state index contributed by atoms with van der Waals surface area (Å²) in [6.07, 6.45) is 0. The van der Waals surface area contributed by atoms with Gasteiger partial charge in [-0.1, -0.05) is 0 Å². The maximum Gasteiger partial charge on any atom is 0.338 e. The van der Waals surface area contributed by atoms with Crippen LogP contribution in [-0.2, 0) is 30.4 Å². The molecule has 1 amide bonds. The number of rotatable bonds is 19. The number of nitro benzene ring substituents is 1. The molecule has 6 rings (SSSR count). The number of aliphatic hydroxyl groups excluding tert-OH is 2. The summed E-state index contributed by atoms with van der Waals surface area (Å²) in [5.41, 5.74) is -0.345. The smallest absolute Gasteiger partial charge is 0.338 e. The molecular weight excluding hydrogens is 1000 g/mol. The fourth-order valence-corrected chi connectivity index (χ4v) is 7.80. The van der Waals surface area contributed by atoms with E-state index in [1.165, 1.54) is 6.07 Å². The number of benzene rings is 5. The molecule has 0 aliphatic heterocycles. The average molecular weight is 1030 g/mol. The number of nitro groups is 1. The van der Waals surface area contributed by atoms with Gasteiger partial charge in [0.2, 0.25) is 5.88 Å². The highest BCUT2D eigenvalue weighted by molar-refractivity contribution is 7.86. The van der Waals surface area contributed by atoms with E-state index in [0.717, 1.165) is 54.6 Å². The quantitative estimate of drug-likeness (QED) is 0.0226. The third-order valence-corrected chi connectivity index (χ3v) is 11.7. The van der Waals surface area contributed by atoms with Crippen molar-refractivity contribution in [2.75, 3.05) is 26.4 Å². The van der Waals surface area contributed by atoms with Crippen molar-refractivity contribution in [3.63, 3.8) is 0 Å². The van der Waals surface area contributed by atoms with E-state index in [0.29, 0.717) is 16.8 Å². The molecule has 0 unspecified atom stereocenters. The van der Waals surface area contributed by atoms with Crippen molar-refractivity contribution in [2.45, 2.75) is 14.7 Å². The van der Waals surface area contributed by atoms with E-state index in [2.05, 4.69) is 35.8 Å². The molecule has 366 valence electrons. The van der Waals surface area contributed by atoms with Gasteiger partial charge in [0.1, 0.15) is 62.9 Å². The van der Waals surface area contributed by atoms with Crippen LogP contribution in [0, 0.1) is 10.1 Å². The van der Waals surface area contributed by atoms with Crippen LogP contribution in [0.5, 0.6) is 23.1 Å². The number of non-ortho nitro benzene ring substituents is 1. The van der Waals surface area contributed by atoms with E-state index in [9.17, 15) is 84.1 Å². The van der Waals surface area contributed by atoms with Crippen LogP contribution >= 0.6 is 0 Å². The molecule has 0 fully saturated rings. The molecule has 0 bridgehead atoms. The number of phenolic OH excluding ortho intramolecular Hbond substituents is 1. The van der Waals surface area contributed by atoms with E-state index >= 15 is 0 Å². The van der Waals surface area contributed by atoms with Gasteiger partial charge < -0.3 is 40.7 Å². The van der Waals surface area contributed by atoms with Crippen molar-refractivity contribution in [1.82, 2.24) is 9.78 Å². The molecule has 6 aromatic rings. The summed E-state index contributed by atoms with van der Waals surface area (Å²) in [7, 11) is -15.3. The third-order valence-electron chi connectivity index (χ3n) is 9.07. The largest absolute Gasteiger partial charge is 0.505 e. The van der Waals surface area contributed by atoms with Crippen molar-refractivity contribution in [2.24, 2.45) is 36.4 Å². The van der Waals surface area contributed by atoms with Gasteiger partial charge in [-0.05, 0) is 53.9 Å². The Kier molecular flexibility index (Phi) is 14.6. The van der Waals surface area contributed by atoms with Gasteiger partial charge in [-0.2, -0.15) is 35.0 Å². The summed E-state index contributed by atoms with van der Waals surface area (Å²) in [6.45, 7) is -2.02. The van der Waals surface area contributed by atoms with E-state index in [1.807, 2.05) is 0 Å². The molecule has 30 nitrogen and oxygen atoms in total. The number of nitrogens with two attached hydrogens (primary N) is 1. The van der Waals surface area contributed by atoms with Crippen LogP contribution in [0.25, 0.3) is 16.5 Å². The zero-order valence-corrected chi connectivity index (χ0v) is 37.0. The van der Waals surface area contributed by atoms with E-state index in [4.69, 9.17) is 15.2 Å². The van der Waals surface area contributed by atoms with Crippen LogP contribution in [0.15, 0.2) is 118 Å². The number of primary amides is 1. The summed E-state index contributed by atoms with van der Waals surface area (Å²) in [5, 5.41) is 88.7. The van der Waals surface area contributed by atoms with E-state index in [-0.39, 0.29) is 39.3 Å². The number of aliphatic hydroxyl groups is 2. The second kappa shape index (κ2) is 20.0. The third kappa shape index (κ3) is 11.1. The molecular formula is C37H30N10O20S3. The zero-order chi connectivity index (χ0) is 51.5. The lowest BCUT2D eigenvalue weighted by Crippen LogP contribution is -2.12.